The van der Waals surface area contributed by atoms with Crippen LogP contribution in [0.2, 0.25) is 0 Å². The van der Waals surface area contributed by atoms with Crippen LogP contribution in [0.5, 0.6) is 0 Å². The van der Waals surface area contributed by atoms with Gasteiger partial charge in [0, 0.05) is 9.35 Å². The molecule has 2 aromatic rings. The molecule has 2 rings (SSSR count). The summed E-state index contributed by atoms with van der Waals surface area (Å²) in [6, 6.07) is 12.4. The van der Waals surface area contributed by atoms with Crippen molar-refractivity contribution >= 4 is 39.4 Å². The Hall–Kier alpha value is -0.860. The molecule has 0 bridgehead atoms. The normalized spacial score (nSPS) is 10.9. The molecule has 70 valence electrons. The van der Waals surface area contributed by atoms with Gasteiger partial charge >= 0.3 is 0 Å². The quantitative estimate of drug-likeness (QED) is 0.739. The van der Waals surface area contributed by atoms with Gasteiger partial charge < -0.3 is 0 Å². The van der Waals surface area contributed by atoms with Crippen molar-refractivity contribution in [3.05, 3.63) is 56.7 Å². The van der Waals surface area contributed by atoms with Crippen LogP contribution in [0.1, 0.15) is 10.4 Å². The lowest BCUT2D eigenvalue weighted by atomic mass is 10.2. The first-order valence-corrected chi connectivity index (χ1v) is 5.99. The fraction of sp³-hybridized carbons (Fsp3) is 0. The summed E-state index contributed by atoms with van der Waals surface area (Å²) in [6.07, 6.45) is 4.25. The lowest BCUT2D eigenvalue weighted by molar-refractivity contribution is 1.67. The number of hydrogen-bond donors (Lipinski definition) is 0. The predicted octanol–water partition coefficient (Wildman–Crippen LogP) is 4.68. The lowest BCUT2D eigenvalue weighted by Gasteiger charge is -1.91. The van der Waals surface area contributed by atoms with Gasteiger partial charge in [-0.15, -0.1) is 11.3 Å². The number of rotatable bonds is 2. The van der Waals surface area contributed by atoms with E-state index >= 15 is 0 Å². The van der Waals surface area contributed by atoms with E-state index in [1.807, 2.05) is 18.2 Å². The van der Waals surface area contributed by atoms with Gasteiger partial charge in [0.15, 0.2) is 0 Å². The average molecular weight is 265 g/mol. The van der Waals surface area contributed by atoms with Gasteiger partial charge in [-0.1, -0.05) is 36.4 Å². The maximum absolute atomic E-state index is 3.50. The zero-order chi connectivity index (χ0) is 9.80. The van der Waals surface area contributed by atoms with Gasteiger partial charge in [0.1, 0.15) is 0 Å². The highest BCUT2D eigenvalue weighted by Gasteiger charge is 1.95. The van der Waals surface area contributed by atoms with Crippen LogP contribution >= 0.6 is 27.3 Å². The Morgan fingerprint density at radius 2 is 1.79 bits per heavy atom. The molecule has 0 radical (unpaired) electrons. The second-order valence-electron chi connectivity index (χ2n) is 2.88. The van der Waals surface area contributed by atoms with E-state index < -0.39 is 0 Å². The molecule has 0 nitrogen and oxygen atoms in total. The summed E-state index contributed by atoms with van der Waals surface area (Å²) in [5, 5.41) is 2.08. The Labute approximate surface area is 96.0 Å². The number of benzene rings is 1. The maximum atomic E-state index is 3.50. The van der Waals surface area contributed by atoms with Crippen LogP contribution in [0.4, 0.5) is 0 Å². The smallest absolute Gasteiger partial charge is 0.0412 e. The van der Waals surface area contributed by atoms with E-state index in [4.69, 9.17) is 0 Å². The summed E-state index contributed by atoms with van der Waals surface area (Å²) in [7, 11) is 0. The first-order valence-electron chi connectivity index (χ1n) is 4.32. The molecular formula is C12H9BrS. The molecule has 0 saturated carbocycles. The third-order valence-electron chi connectivity index (χ3n) is 1.87. The fourth-order valence-corrected chi connectivity index (χ4v) is 2.56. The minimum atomic E-state index is 1.16. The van der Waals surface area contributed by atoms with Crippen molar-refractivity contribution < 1.29 is 0 Å². The Morgan fingerprint density at radius 1 is 1.00 bits per heavy atom. The molecule has 0 aliphatic heterocycles. The van der Waals surface area contributed by atoms with Gasteiger partial charge in [-0.25, -0.2) is 0 Å². The number of thiophene rings is 1. The number of halogens is 1. The summed E-state index contributed by atoms with van der Waals surface area (Å²) in [6.45, 7) is 0. The minimum absolute atomic E-state index is 1.16. The van der Waals surface area contributed by atoms with Crippen LogP contribution in [0.25, 0.3) is 12.2 Å². The molecule has 0 unspecified atom stereocenters. The highest BCUT2D eigenvalue weighted by molar-refractivity contribution is 9.10. The SMILES string of the molecule is Brc1ccsc1C=Cc1ccccc1. The second-order valence-corrected chi connectivity index (χ2v) is 4.68. The van der Waals surface area contributed by atoms with Crippen LogP contribution < -0.4 is 0 Å². The summed E-state index contributed by atoms with van der Waals surface area (Å²) >= 11 is 5.23. The monoisotopic (exact) mass is 264 g/mol. The zero-order valence-corrected chi connectivity index (χ0v) is 9.88. The van der Waals surface area contributed by atoms with E-state index in [1.54, 1.807) is 11.3 Å². The fourth-order valence-electron chi connectivity index (χ4n) is 1.16. The molecule has 14 heavy (non-hydrogen) atoms. The Morgan fingerprint density at radius 3 is 2.43 bits per heavy atom. The van der Waals surface area contributed by atoms with Gasteiger partial charge in [-0.3, -0.25) is 0 Å². The molecule has 2 heteroatoms. The van der Waals surface area contributed by atoms with Crippen molar-refractivity contribution in [1.82, 2.24) is 0 Å². The minimum Gasteiger partial charge on any atom is -0.143 e. The van der Waals surface area contributed by atoms with Gasteiger partial charge in [-0.05, 0) is 39.0 Å². The van der Waals surface area contributed by atoms with Crippen molar-refractivity contribution in [2.24, 2.45) is 0 Å². The van der Waals surface area contributed by atoms with E-state index in [1.165, 1.54) is 10.4 Å². The highest BCUT2D eigenvalue weighted by atomic mass is 79.9. The van der Waals surface area contributed by atoms with E-state index in [-0.39, 0.29) is 0 Å². The Bertz CT molecular complexity index is 429. The first kappa shape index (κ1) is 9.69. The molecule has 0 aliphatic carbocycles. The maximum Gasteiger partial charge on any atom is 0.0412 e. The molecular weight excluding hydrogens is 256 g/mol. The zero-order valence-electron chi connectivity index (χ0n) is 7.48. The van der Waals surface area contributed by atoms with Crippen LogP contribution in [0, 0.1) is 0 Å². The molecule has 0 atom stereocenters. The van der Waals surface area contributed by atoms with E-state index in [0.29, 0.717) is 0 Å². The van der Waals surface area contributed by atoms with Gasteiger partial charge in [0.05, 0.1) is 0 Å². The summed E-state index contributed by atoms with van der Waals surface area (Å²) < 4.78 is 1.16. The third-order valence-corrected chi connectivity index (χ3v) is 3.71. The average Bonchev–Trinajstić information content (AvgIpc) is 2.63. The van der Waals surface area contributed by atoms with Crippen LogP contribution in [-0.2, 0) is 0 Å². The summed E-state index contributed by atoms with van der Waals surface area (Å²) in [5.41, 5.74) is 1.23. The van der Waals surface area contributed by atoms with Crippen molar-refractivity contribution in [2.45, 2.75) is 0 Å². The van der Waals surface area contributed by atoms with Gasteiger partial charge in [0.2, 0.25) is 0 Å². The molecule has 0 saturated heterocycles. The first-order chi connectivity index (χ1) is 6.86. The van der Waals surface area contributed by atoms with Gasteiger partial charge in [-0.2, -0.15) is 0 Å². The van der Waals surface area contributed by atoms with Crippen LogP contribution in [0.15, 0.2) is 46.3 Å². The molecule has 0 amide bonds. The van der Waals surface area contributed by atoms with E-state index in [0.717, 1.165) is 4.47 Å². The second kappa shape index (κ2) is 4.58. The molecule has 0 N–H and O–H groups in total. The largest absolute Gasteiger partial charge is 0.143 e. The standard InChI is InChI=1S/C12H9BrS/c13-11-8-9-14-12(11)7-6-10-4-2-1-3-5-10/h1-9H. The summed E-state index contributed by atoms with van der Waals surface area (Å²) in [5.74, 6) is 0. The van der Waals surface area contributed by atoms with Crippen LogP contribution in [0.3, 0.4) is 0 Å². The third kappa shape index (κ3) is 2.34. The molecule has 1 aromatic heterocycles. The predicted molar refractivity (Wildman–Crippen MR) is 67.4 cm³/mol. The topological polar surface area (TPSA) is 0 Å². The molecule has 0 spiro atoms. The van der Waals surface area contributed by atoms with E-state index in [9.17, 15) is 0 Å². The molecule has 0 fully saturated rings. The van der Waals surface area contributed by atoms with Crippen molar-refractivity contribution in [3.63, 3.8) is 0 Å². The molecule has 1 aromatic carbocycles. The van der Waals surface area contributed by atoms with Crippen molar-refractivity contribution in [3.8, 4) is 0 Å². The highest BCUT2D eigenvalue weighted by Crippen LogP contribution is 2.24. The lowest BCUT2D eigenvalue weighted by Crippen LogP contribution is -1.68. The Kier molecular flexibility index (Phi) is 3.17. The van der Waals surface area contributed by atoms with Gasteiger partial charge in [0.25, 0.3) is 0 Å². The Balaban J connectivity index is 2.20. The molecule has 0 aliphatic rings. The van der Waals surface area contributed by atoms with Crippen molar-refractivity contribution in [1.29, 1.82) is 0 Å². The van der Waals surface area contributed by atoms with E-state index in [2.05, 4.69) is 51.7 Å². The van der Waals surface area contributed by atoms with Crippen LogP contribution in [-0.4, -0.2) is 0 Å². The van der Waals surface area contributed by atoms with Crippen molar-refractivity contribution in [2.75, 3.05) is 0 Å². The molecule has 1 heterocycles. The summed E-state index contributed by atoms with van der Waals surface area (Å²) in [4.78, 5) is 1.26. The number of hydrogen-bond acceptors (Lipinski definition) is 1.